The molecular weight excluding hydrogens is 480 g/mol. The van der Waals surface area contributed by atoms with Crippen molar-refractivity contribution in [3.8, 4) is 11.5 Å². The van der Waals surface area contributed by atoms with E-state index in [1.807, 2.05) is 13.8 Å². The van der Waals surface area contributed by atoms with Crippen molar-refractivity contribution in [1.82, 2.24) is 14.7 Å². The minimum Gasteiger partial charge on any atom is -0.495 e. The molecule has 0 bridgehead atoms. The van der Waals surface area contributed by atoms with Crippen molar-refractivity contribution < 1.29 is 27.4 Å². The van der Waals surface area contributed by atoms with E-state index in [9.17, 15) is 13.2 Å². The molecule has 182 valence electrons. The van der Waals surface area contributed by atoms with Gasteiger partial charge in [-0.05, 0) is 50.2 Å². The fraction of sp³-hybridized carbons (Fsp3) is 0.364. The highest BCUT2D eigenvalue weighted by molar-refractivity contribution is 7.89. The first kappa shape index (κ1) is 24.2. The number of carbonyl (C=O) groups excluding carboxylic acids is 1. The van der Waals surface area contributed by atoms with Crippen LogP contribution in [0.25, 0.3) is 10.2 Å². The van der Waals surface area contributed by atoms with Crippen LogP contribution in [0.4, 0.5) is 5.13 Å². The molecule has 2 aromatic carbocycles. The van der Waals surface area contributed by atoms with Crippen LogP contribution in [0, 0.1) is 0 Å². The smallest absolute Gasteiger partial charge is 0.269 e. The van der Waals surface area contributed by atoms with Crippen LogP contribution < -0.4 is 20.3 Å². The Morgan fingerprint density at radius 2 is 1.68 bits per heavy atom. The predicted octanol–water partition coefficient (Wildman–Crippen LogP) is 2.87. The molecule has 12 heteroatoms. The molecule has 1 aromatic heterocycles. The quantitative estimate of drug-likeness (QED) is 0.470. The number of methoxy groups -OCH3 is 2. The first-order valence-corrected chi connectivity index (χ1v) is 12.8. The lowest BCUT2D eigenvalue weighted by Gasteiger charge is -2.34. The molecule has 1 aliphatic heterocycles. The number of sulfonamides is 1. The van der Waals surface area contributed by atoms with Crippen molar-refractivity contribution in [2.45, 2.75) is 31.0 Å². The van der Waals surface area contributed by atoms with Crippen molar-refractivity contribution in [1.29, 1.82) is 0 Å². The third-order valence-corrected chi connectivity index (χ3v) is 8.16. The van der Waals surface area contributed by atoms with Gasteiger partial charge in [-0.1, -0.05) is 11.3 Å². The summed E-state index contributed by atoms with van der Waals surface area (Å²) in [4.78, 5) is 17.2. The Labute approximate surface area is 201 Å². The fourth-order valence-electron chi connectivity index (χ4n) is 3.78. The second-order valence-corrected chi connectivity index (χ2v) is 10.8. The molecule has 2 atom stereocenters. The average molecular weight is 507 g/mol. The highest BCUT2D eigenvalue weighted by atomic mass is 32.2. The topological polar surface area (TPSA) is 119 Å². The molecule has 2 N–H and O–H groups in total. The van der Waals surface area contributed by atoms with Gasteiger partial charge in [-0.25, -0.2) is 13.4 Å². The summed E-state index contributed by atoms with van der Waals surface area (Å²) in [6.07, 6.45) is -0.366. The van der Waals surface area contributed by atoms with Crippen molar-refractivity contribution in [3.05, 3.63) is 42.0 Å². The number of hydrogen-bond acceptors (Lipinski definition) is 9. The number of ether oxygens (including phenoxy) is 3. The number of morpholine rings is 1. The molecule has 1 aliphatic rings. The average Bonchev–Trinajstić information content (AvgIpc) is 3.25. The van der Waals surface area contributed by atoms with Crippen LogP contribution in [0.3, 0.4) is 0 Å². The van der Waals surface area contributed by atoms with Gasteiger partial charge in [0.15, 0.2) is 0 Å². The lowest BCUT2D eigenvalue weighted by atomic mass is 10.2. The van der Waals surface area contributed by atoms with E-state index in [1.165, 1.54) is 39.9 Å². The number of anilines is 1. The van der Waals surface area contributed by atoms with Gasteiger partial charge < -0.3 is 14.2 Å². The Bertz CT molecular complexity index is 1240. The zero-order valence-corrected chi connectivity index (χ0v) is 20.8. The second-order valence-electron chi connectivity index (χ2n) is 7.85. The lowest BCUT2D eigenvalue weighted by molar-refractivity contribution is -0.0440. The van der Waals surface area contributed by atoms with Crippen molar-refractivity contribution in [2.24, 2.45) is 0 Å². The SMILES string of the molecule is COc1ccc(OC)c2sc(NNC(=O)c3ccc(S(=O)(=O)N4C[C@@H](C)O[C@H](C)C4)cc3)nc12. The maximum absolute atomic E-state index is 13.0. The normalized spacial score (nSPS) is 19.1. The number of aromatic nitrogens is 1. The summed E-state index contributed by atoms with van der Waals surface area (Å²) in [6.45, 7) is 4.26. The number of fused-ring (bicyclic) bond motifs is 1. The van der Waals surface area contributed by atoms with E-state index in [0.29, 0.717) is 27.7 Å². The molecule has 0 spiro atoms. The Morgan fingerprint density at radius 3 is 2.29 bits per heavy atom. The van der Waals surface area contributed by atoms with Crippen molar-refractivity contribution in [2.75, 3.05) is 32.7 Å². The van der Waals surface area contributed by atoms with E-state index in [0.717, 1.165) is 4.70 Å². The molecule has 3 aromatic rings. The summed E-state index contributed by atoms with van der Waals surface area (Å²) < 4.78 is 44.5. The number of rotatable bonds is 7. The maximum atomic E-state index is 13.0. The predicted molar refractivity (Wildman–Crippen MR) is 129 cm³/mol. The van der Waals surface area contributed by atoms with Gasteiger partial charge >= 0.3 is 0 Å². The summed E-state index contributed by atoms with van der Waals surface area (Å²) in [6, 6.07) is 9.36. The molecule has 4 rings (SSSR count). The number of benzene rings is 2. The van der Waals surface area contributed by atoms with Gasteiger partial charge in [-0.3, -0.25) is 15.6 Å². The molecule has 0 saturated carbocycles. The molecule has 0 aliphatic carbocycles. The lowest BCUT2D eigenvalue weighted by Crippen LogP contribution is -2.48. The maximum Gasteiger partial charge on any atom is 0.269 e. The second kappa shape index (κ2) is 9.74. The highest BCUT2D eigenvalue weighted by Gasteiger charge is 2.32. The Morgan fingerprint density at radius 1 is 1.06 bits per heavy atom. The summed E-state index contributed by atoms with van der Waals surface area (Å²) in [5.41, 5.74) is 6.30. The van der Waals surface area contributed by atoms with Crippen molar-refractivity contribution in [3.63, 3.8) is 0 Å². The van der Waals surface area contributed by atoms with Gasteiger partial charge in [0.1, 0.15) is 21.7 Å². The van der Waals surface area contributed by atoms with Crippen molar-refractivity contribution >= 4 is 42.6 Å². The molecule has 0 unspecified atom stereocenters. The monoisotopic (exact) mass is 506 g/mol. The van der Waals surface area contributed by atoms with E-state index in [2.05, 4.69) is 15.8 Å². The Balaban J connectivity index is 1.45. The van der Waals surface area contributed by atoms with Gasteiger partial charge in [-0.2, -0.15) is 4.31 Å². The summed E-state index contributed by atoms with van der Waals surface area (Å²) in [5.74, 6) is 0.802. The van der Waals surface area contributed by atoms with Crippen LogP contribution in [0.2, 0.25) is 0 Å². The minimum absolute atomic E-state index is 0.128. The van der Waals surface area contributed by atoms with E-state index in [4.69, 9.17) is 14.2 Å². The van der Waals surface area contributed by atoms with Crippen LogP contribution in [0.5, 0.6) is 11.5 Å². The van der Waals surface area contributed by atoms with Crippen LogP contribution in [-0.4, -0.2) is 63.1 Å². The van der Waals surface area contributed by atoms with Crippen LogP contribution in [0.1, 0.15) is 24.2 Å². The molecule has 1 saturated heterocycles. The van der Waals surface area contributed by atoms with Crippen LogP contribution in [-0.2, 0) is 14.8 Å². The number of nitrogens with zero attached hydrogens (tertiary/aromatic N) is 2. The Hall–Kier alpha value is -2.93. The molecule has 1 amide bonds. The van der Waals surface area contributed by atoms with Gasteiger partial charge in [0.05, 0.1) is 31.3 Å². The Kier molecular flexibility index (Phi) is 6.94. The fourth-order valence-corrected chi connectivity index (χ4v) is 6.29. The van der Waals surface area contributed by atoms with Crippen LogP contribution in [0.15, 0.2) is 41.3 Å². The van der Waals surface area contributed by atoms with Gasteiger partial charge in [0.25, 0.3) is 5.91 Å². The number of hydrazine groups is 1. The molecular formula is C22H26N4O6S2. The zero-order chi connectivity index (χ0) is 24.5. The first-order chi connectivity index (χ1) is 16.2. The van der Waals surface area contributed by atoms with Gasteiger partial charge in [0, 0.05) is 18.7 Å². The molecule has 34 heavy (non-hydrogen) atoms. The third-order valence-electron chi connectivity index (χ3n) is 5.33. The number of carbonyl (C=O) groups is 1. The van der Waals surface area contributed by atoms with Gasteiger partial charge in [-0.15, -0.1) is 0 Å². The standard InChI is InChI=1S/C22H26N4O6S2/c1-13-11-26(12-14(2)32-13)34(28,29)16-7-5-15(6-8-16)21(27)24-25-22-23-19-17(30-3)9-10-18(31-4)20(19)33-22/h5-10,13-14H,11-12H2,1-4H3,(H,23,25)(H,24,27)/t13-,14-/m1/s1. The molecule has 2 heterocycles. The van der Waals surface area contributed by atoms with Crippen LogP contribution >= 0.6 is 11.3 Å². The first-order valence-electron chi connectivity index (χ1n) is 10.6. The van der Waals surface area contributed by atoms with E-state index in [-0.39, 0.29) is 30.2 Å². The zero-order valence-electron chi connectivity index (χ0n) is 19.2. The molecule has 0 radical (unpaired) electrons. The highest BCUT2D eigenvalue weighted by Crippen LogP contribution is 2.38. The number of hydrogen-bond donors (Lipinski definition) is 2. The van der Waals surface area contributed by atoms with E-state index >= 15 is 0 Å². The summed E-state index contributed by atoms with van der Waals surface area (Å²) in [5, 5.41) is 0.445. The number of amides is 1. The summed E-state index contributed by atoms with van der Waals surface area (Å²) in [7, 11) is -0.555. The summed E-state index contributed by atoms with van der Waals surface area (Å²) >= 11 is 1.30. The molecule has 10 nitrogen and oxygen atoms in total. The van der Waals surface area contributed by atoms with Gasteiger partial charge in [0.2, 0.25) is 15.2 Å². The number of nitrogens with one attached hydrogen (secondary N) is 2. The van der Waals surface area contributed by atoms with E-state index < -0.39 is 15.9 Å². The largest absolute Gasteiger partial charge is 0.495 e. The minimum atomic E-state index is -3.68. The van der Waals surface area contributed by atoms with E-state index in [1.54, 1.807) is 26.4 Å². The third kappa shape index (κ3) is 4.80. The molecule has 1 fully saturated rings. The number of thiazole rings is 1.